The zero-order chi connectivity index (χ0) is 27.4. The number of carboxylic acid groups (broad SMARTS) is 1. The molecule has 0 spiro atoms. The lowest BCUT2D eigenvalue weighted by atomic mass is 9.91. The average Bonchev–Trinajstić information content (AvgIpc) is 2.95. The Bertz CT molecular complexity index is 1550. The van der Waals surface area contributed by atoms with Gasteiger partial charge < -0.3 is 25.2 Å². The van der Waals surface area contributed by atoms with Crippen molar-refractivity contribution in [3.8, 4) is 28.4 Å². The van der Waals surface area contributed by atoms with Crippen LogP contribution in [-0.2, 0) is 12.8 Å². The zero-order valence-corrected chi connectivity index (χ0v) is 21.3. The van der Waals surface area contributed by atoms with Gasteiger partial charge in [0.15, 0.2) is 5.75 Å². The van der Waals surface area contributed by atoms with Crippen LogP contribution in [0.4, 0.5) is 20.6 Å². The molecule has 2 amide bonds. The van der Waals surface area contributed by atoms with Gasteiger partial charge in [0, 0.05) is 0 Å². The fraction of sp³-hybridized carbons (Fsp3) is 0.161. The van der Waals surface area contributed by atoms with Crippen LogP contribution in [0, 0.1) is 5.82 Å². The van der Waals surface area contributed by atoms with Gasteiger partial charge in [0.2, 0.25) is 0 Å². The highest BCUT2D eigenvalue weighted by molar-refractivity contribution is 6.01. The summed E-state index contributed by atoms with van der Waals surface area (Å²) in [4.78, 5) is 24.7. The highest BCUT2D eigenvalue weighted by Crippen LogP contribution is 2.38. The molecule has 0 unspecified atom stereocenters. The van der Waals surface area contributed by atoms with Gasteiger partial charge in [-0.25, -0.2) is 14.0 Å². The summed E-state index contributed by atoms with van der Waals surface area (Å²) in [6, 6.07) is 21.2. The number of halogens is 1. The molecule has 5 rings (SSSR count). The lowest BCUT2D eigenvalue weighted by molar-refractivity contribution is 0.0693. The zero-order valence-electron chi connectivity index (χ0n) is 21.3. The molecule has 0 saturated carbocycles. The normalized spacial score (nSPS) is 12.3. The van der Waals surface area contributed by atoms with Gasteiger partial charge in [0.05, 0.1) is 18.5 Å². The number of amides is 2. The molecule has 0 fully saturated rings. The number of fused-ring (bicyclic) bond motifs is 1. The molecule has 4 aromatic rings. The first-order chi connectivity index (χ1) is 18.9. The summed E-state index contributed by atoms with van der Waals surface area (Å²) in [5.41, 5.74) is 4.03. The van der Waals surface area contributed by atoms with Crippen molar-refractivity contribution in [2.24, 2.45) is 0 Å². The van der Waals surface area contributed by atoms with E-state index in [0.29, 0.717) is 22.6 Å². The molecule has 0 heterocycles. The highest BCUT2D eigenvalue weighted by Gasteiger charge is 2.18. The number of para-hydroxylation sites is 1. The van der Waals surface area contributed by atoms with Gasteiger partial charge in [-0.2, -0.15) is 0 Å². The lowest BCUT2D eigenvalue weighted by Gasteiger charge is -2.21. The molecule has 1 aliphatic rings. The van der Waals surface area contributed by atoms with Gasteiger partial charge in [-0.15, -0.1) is 0 Å². The maximum Gasteiger partial charge on any atom is 0.339 e. The van der Waals surface area contributed by atoms with E-state index in [1.165, 1.54) is 36.9 Å². The van der Waals surface area contributed by atoms with Crippen molar-refractivity contribution in [2.45, 2.75) is 25.7 Å². The minimum Gasteiger partial charge on any atom is -0.496 e. The molecule has 0 bridgehead atoms. The number of anilines is 2. The molecule has 1 aliphatic carbocycles. The molecule has 0 aromatic heterocycles. The van der Waals surface area contributed by atoms with Crippen molar-refractivity contribution >= 4 is 23.4 Å². The van der Waals surface area contributed by atoms with E-state index in [1.54, 1.807) is 36.4 Å². The maximum atomic E-state index is 14.1. The summed E-state index contributed by atoms with van der Waals surface area (Å²) in [5, 5.41) is 14.9. The standard InChI is InChI=1S/C31H27FN2O5/c1-38-27-15-13-20(17-23(27)30(35)36)21-14-16-29(39-28-12-6-8-19-7-2-3-9-22(19)28)26(18-21)34-31(37)33-25-11-5-4-10-24(25)32/h4-6,8,10-18H,2-3,7,9H2,1H3,(H,35,36)(H2,33,34,37). The lowest BCUT2D eigenvalue weighted by Crippen LogP contribution is -2.20. The number of carbonyl (C=O) groups is 2. The van der Waals surface area contributed by atoms with E-state index in [0.717, 1.165) is 37.0 Å². The summed E-state index contributed by atoms with van der Waals surface area (Å²) in [5.74, 6) is -0.329. The number of hydrogen-bond acceptors (Lipinski definition) is 4. The number of carbonyl (C=O) groups excluding carboxylic acids is 1. The fourth-order valence-electron chi connectivity index (χ4n) is 4.75. The third kappa shape index (κ3) is 5.70. The molecule has 8 heteroatoms. The Morgan fingerprint density at radius 2 is 1.51 bits per heavy atom. The monoisotopic (exact) mass is 526 g/mol. The van der Waals surface area contributed by atoms with Gasteiger partial charge in [-0.1, -0.05) is 36.4 Å². The van der Waals surface area contributed by atoms with Gasteiger partial charge >= 0.3 is 12.0 Å². The Kier molecular flexibility index (Phi) is 7.45. The number of nitrogens with one attached hydrogen (secondary N) is 2. The molecule has 7 nitrogen and oxygen atoms in total. The van der Waals surface area contributed by atoms with Crippen molar-refractivity contribution in [3.63, 3.8) is 0 Å². The van der Waals surface area contributed by atoms with Crippen molar-refractivity contribution < 1.29 is 28.6 Å². The second kappa shape index (κ2) is 11.3. The predicted molar refractivity (Wildman–Crippen MR) is 148 cm³/mol. The van der Waals surface area contributed by atoms with E-state index in [4.69, 9.17) is 9.47 Å². The number of rotatable bonds is 7. The fourth-order valence-corrected chi connectivity index (χ4v) is 4.75. The molecule has 4 aromatic carbocycles. The van der Waals surface area contributed by atoms with Gasteiger partial charge in [-0.05, 0) is 90.4 Å². The van der Waals surface area contributed by atoms with E-state index in [1.807, 2.05) is 12.1 Å². The second-order valence-corrected chi connectivity index (χ2v) is 9.19. The Morgan fingerprint density at radius 3 is 2.28 bits per heavy atom. The quantitative estimate of drug-likeness (QED) is 0.231. The van der Waals surface area contributed by atoms with Crippen LogP contribution in [0.1, 0.15) is 34.3 Å². The predicted octanol–water partition coefficient (Wildman–Crippen LogP) is 7.51. The second-order valence-electron chi connectivity index (χ2n) is 9.19. The SMILES string of the molecule is COc1ccc(-c2ccc(Oc3cccc4c3CCCC4)c(NC(=O)Nc3ccccc3F)c2)cc1C(=O)O. The van der Waals surface area contributed by atoms with Gasteiger partial charge in [0.25, 0.3) is 0 Å². The van der Waals surface area contributed by atoms with Crippen molar-refractivity contribution in [2.75, 3.05) is 17.7 Å². The highest BCUT2D eigenvalue weighted by atomic mass is 19.1. The Morgan fingerprint density at radius 1 is 0.795 bits per heavy atom. The minimum absolute atomic E-state index is 0.0121. The first-order valence-corrected chi connectivity index (χ1v) is 12.6. The Balaban J connectivity index is 1.52. The number of aryl methyl sites for hydroxylation is 1. The van der Waals surface area contributed by atoms with Crippen LogP contribution < -0.4 is 20.1 Å². The van der Waals surface area contributed by atoms with Crippen LogP contribution >= 0.6 is 0 Å². The van der Waals surface area contributed by atoms with E-state index in [2.05, 4.69) is 16.7 Å². The smallest absolute Gasteiger partial charge is 0.339 e. The van der Waals surface area contributed by atoms with Crippen LogP contribution in [-0.4, -0.2) is 24.2 Å². The van der Waals surface area contributed by atoms with Crippen LogP contribution in [0.2, 0.25) is 0 Å². The molecule has 0 aliphatic heterocycles. The number of benzene rings is 4. The van der Waals surface area contributed by atoms with E-state index in [-0.39, 0.29) is 17.0 Å². The first kappa shape index (κ1) is 25.8. The largest absolute Gasteiger partial charge is 0.496 e. The van der Waals surface area contributed by atoms with Crippen LogP contribution in [0.5, 0.6) is 17.2 Å². The van der Waals surface area contributed by atoms with Crippen molar-refractivity contribution in [1.82, 2.24) is 0 Å². The topological polar surface area (TPSA) is 96.9 Å². The van der Waals surface area contributed by atoms with Crippen LogP contribution in [0.25, 0.3) is 11.1 Å². The summed E-state index contributed by atoms with van der Waals surface area (Å²) in [6.45, 7) is 0. The van der Waals surface area contributed by atoms with Crippen molar-refractivity contribution in [3.05, 3.63) is 101 Å². The number of urea groups is 1. The van der Waals surface area contributed by atoms with Crippen LogP contribution in [0.15, 0.2) is 78.9 Å². The van der Waals surface area contributed by atoms with E-state index >= 15 is 0 Å². The molecule has 0 radical (unpaired) electrons. The minimum atomic E-state index is -1.12. The molecule has 0 atom stereocenters. The number of methoxy groups -OCH3 is 1. The maximum absolute atomic E-state index is 14.1. The summed E-state index contributed by atoms with van der Waals surface area (Å²) >= 11 is 0. The number of ether oxygens (including phenoxy) is 2. The van der Waals surface area contributed by atoms with Crippen molar-refractivity contribution in [1.29, 1.82) is 0 Å². The molecule has 0 saturated heterocycles. The Labute approximate surface area is 225 Å². The molecule has 39 heavy (non-hydrogen) atoms. The number of hydrogen-bond donors (Lipinski definition) is 3. The van der Waals surface area contributed by atoms with Crippen LogP contribution in [0.3, 0.4) is 0 Å². The number of carboxylic acids is 1. The molecular formula is C31H27FN2O5. The summed E-state index contributed by atoms with van der Waals surface area (Å²) in [6.07, 6.45) is 4.11. The Hall–Kier alpha value is -4.85. The van der Waals surface area contributed by atoms with Gasteiger partial charge in [0.1, 0.15) is 22.9 Å². The van der Waals surface area contributed by atoms with E-state index < -0.39 is 17.8 Å². The average molecular weight is 527 g/mol. The third-order valence-corrected chi connectivity index (χ3v) is 6.69. The summed E-state index contributed by atoms with van der Waals surface area (Å²) in [7, 11) is 1.41. The summed E-state index contributed by atoms with van der Waals surface area (Å²) < 4.78 is 25.7. The third-order valence-electron chi connectivity index (χ3n) is 6.69. The van der Waals surface area contributed by atoms with Gasteiger partial charge in [-0.3, -0.25) is 0 Å². The molecule has 3 N–H and O–H groups in total. The first-order valence-electron chi connectivity index (χ1n) is 12.6. The molecule has 198 valence electrons. The van der Waals surface area contributed by atoms with E-state index in [9.17, 15) is 19.1 Å². The number of aromatic carboxylic acids is 1. The molecular weight excluding hydrogens is 499 g/mol.